The van der Waals surface area contributed by atoms with E-state index < -0.39 is 23.8 Å². The number of furan rings is 1. The fourth-order valence-electron chi connectivity index (χ4n) is 4.14. The summed E-state index contributed by atoms with van der Waals surface area (Å²) in [5.41, 5.74) is 2.63. The second-order valence-corrected chi connectivity index (χ2v) is 7.72. The van der Waals surface area contributed by atoms with Gasteiger partial charge in [-0.25, -0.2) is 9.80 Å². The van der Waals surface area contributed by atoms with Gasteiger partial charge in [-0.2, -0.15) is 5.01 Å². The molecule has 31 heavy (non-hydrogen) atoms. The van der Waals surface area contributed by atoms with Crippen LogP contribution in [0.3, 0.4) is 0 Å². The molecule has 0 unspecified atom stereocenters. The minimum absolute atomic E-state index is 0.0128. The first-order valence-electron chi connectivity index (χ1n) is 10.1. The zero-order chi connectivity index (χ0) is 21.5. The maximum absolute atomic E-state index is 12.9. The fourth-order valence-corrected chi connectivity index (χ4v) is 4.14. The van der Waals surface area contributed by atoms with Crippen molar-refractivity contribution in [3.63, 3.8) is 0 Å². The van der Waals surface area contributed by atoms with Gasteiger partial charge in [-0.3, -0.25) is 24.6 Å². The summed E-state index contributed by atoms with van der Waals surface area (Å²) in [5, 5.41) is 3.96. The standard InChI is InChI=1S/C22H20N4O5/c27-19-7-10-25(22(30)23-19)26-20(28)16-4-3-14(12-17(16)21(26)29)13-24-8-5-15(6-9-24)18-2-1-11-31-18/h1-5,11-12H,6-10,13H2,(H,23,27,30). The van der Waals surface area contributed by atoms with Gasteiger partial charge in [0.05, 0.1) is 23.9 Å². The summed E-state index contributed by atoms with van der Waals surface area (Å²) in [6, 6.07) is 8.24. The number of imide groups is 2. The van der Waals surface area contributed by atoms with Gasteiger partial charge in [0.2, 0.25) is 5.91 Å². The van der Waals surface area contributed by atoms with Crippen LogP contribution in [0.4, 0.5) is 4.79 Å². The lowest BCUT2D eigenvalue weighted by atomic mass is 10.0. The Kier molecular flexibility index (Phi) is 4.67. The smallest absolute Gasteiger partial charge is 0.343 e. The highest BCUT2D eigenvalue weighted by atomic mass is 16.3. The first kappa shape index (κ1) is 19.3. The van der Waals surface area contributed by atoms with Crippen LogP contribution in [0.5, 0.6) is 0 Å². The molecule has 0 radical (unpaired) electrons. The average Bonchev–Trinajstić information content (AvgIpc) is 3.37. The highest BCUT2D eigenvalue weighted by molar-refractivity contribution is 6.22. The number of nitrogens with zero attached hydrogens (tertiary/aromatic N) is 3. The Hall–Kier alpha value is -3.72. The van der Waals surface area contributed by atoms with E-state index in [9.17, 15) is 19.2 Å². The second kappa shape index (κ2) is 7.51. The lowest BCUT2D eigenvalue weighted by Crippen LogP contribution is -2.58. The summed E-state index contributed by atoms with van der Waals surface area (Å²) in [5.74, 6) is -0.638. The first-order chi connectivity index (χ1) is 15.0. The summed E-state index contributed by atoms with van der Waals surface area (Å²) in [6.45, 7) is 2.23. The first-order valence-corrected chi connectivity index (χ1v) is 10.1. The molecule has 0 aliphatic carbocycles. The van der Waals surface area contributed by atoms with Crippen LogP contribution in [0.2, 0.25) is 0 Å². The molecular weight excluding hydrogens is 400 g/mol. The van der Waals surface area contributed by atoms with Gasteiger partial charge in [0.25, 0.3) is 11.8 Å². The number of nitrogens with one attached hydrogen (secondary N) is 1. The quantitative estimate of drug-likeness (QED) is 0.759. The van der Waals surface area contributed by atoms with Gasteiger partial charge in [0, 0.05) is 26.1 Å². The summed E-state index contributed by atoms with van der Waals surface area (Å²) >= 11 is 0. The van der Waals surface area contributed by atoms with Crippen molar-refractivity contribution in [2.45, 2.75) is 19.4 Å². The molecule has 9 nitrogen and oxygen atoms in total. The molecule has 1 fully saturated rings. The van der Waals surface area contributed by atoms with Crippen LogP contribution in [0.1, 0.15) is 44.9 Å². The Morgan fingerprint density at radius 3 is 2.52 bits per heavy atom. The monoisotopic (exact) mass is 420 g/mol. The number of hydrogen-bond donors (Lipinski definition) is 1. The lowest BCUT2D eigenvalue weighted by Gasteiger charge is -2.32. The molecule has 0 spiro atoms. The van der Waals surface area contributed by atoms with E-state index in [4.69, 9.17) is 4.42 Å². The molecule has 1 saturated heterocycles. The van der Waals surface area contributed by atoms with Crippen LogP contribution in [0, 0.1) is 0 Å². The van der Waals surface area contributed by atoms with Crippen molar-refractivity contribution in [2.75, 3.05) is 19.6 Å². The Morgan fingerprint density at radius 1 is 0.968 bits per heavy atom. The van der Waals surface area contributed by atoms with Crippen LogP contribution < -0.4 is 5.32 Å². The van der Waals surface area contributed by atoms with Crippen molar-refractivity contribution in [3.05, 3.63) is 65.1 Å². The van der Waals surface area contributed by atoms with Crippen LogP contribution >= 0.6 is 0 Å². The molecule has 1 N–H and O–H groups in total. The molecule has 0 bridgehead atoms. The summed E-state index contributed by atoms with van der Waals surface area (Å²) in [4.78, 5) is 51.4. The maximum Gasteiger partial charge on any atom is 0.343 e. The Bertz CT molecular complexity index is 1120. The molecule has 3 aliphatic heterocycles. The lowest BCUT2D eigenvalue weighted by molar-refractivity contribution is -0.122. The number of hydrogen-bond acceptors (Lipinski definition) is 6. The Morgan fingerprint density at radius 2 is 1.81 bits per heavy atom. The molecule has 1 aromatic heterocycles. The largest absolute Gasteiger partial charge is 0.465 e. The third kappa shape index (κ3) is 3.42. The average molecular weight is 420 g/mol. The van der Waals surface area contributed by atoms with E-state index in [0.717, 1.165) is 40.9 Å². The SMILES string of the molecule is O=C1CCN(N2C(=O)c3ccc(CN4CC=C(c5ccco5)CC4)cc3C2=O)C(=O)N1. The van der Waals surface area contributed by atoms with Crippen LogP contribution in [-0.4, -0.2) is 58.3 Å². The van der Waals surface area contributed by atoms with Gasteiger partial charge < -0.3 is 4.42 Å². The molecule has 1 aromatic carbocycles. The number of urea groups is 1. The number of fused-ring (bicyclic) bond motifs is 1. The molecule has 3 aliphatic rings. The van der Waals surface area contributed by atoms with Crippen LogP contribution in [0.15, 0.2) is 47.1 Å². The summed E-state index contributed by atoms with van der Waals surface area (Å²) in [6.07, 6.45) is 4.71. The van der Waals surface area contributed by atoms with Crippen molar-refractivity contribution in [2.24, 2.45) is 0 Å². The Labute approximate surface area is 177 Å². The van der Waals surface area contributed by atoms with Crippen LogP contribution in [0.25, 0.3) is 5.57 Å². The van der Waals surface area contributed by atoms with E-state index in [1.165, 1.54) is 5.57 Å². The molecule has 5 amide bonds. The predicted octanol–water partition coefficient (Wildman–Crippen LogP) is 2.02. The number of carbonyl (C=O) groups is 4. The minimum Gasteiger partial charge on any atom is -0.465 e. The zero-order valence-corrected chi connectivity index (χ0v) is 16.7. The van der Waals surface area contributed by atoms with Gasteiger partial charge in [-0.1, -0.05) is 12.1 Å². The van der Waals surface area contributed by atoms with Gasteiger partial charge in [0.15, 0.2) is 0 Å². The second-order valence-electron chi connectivity index (χ2n) is 7.72. The molecule has 2 aromatic rings. The Balaban J connectivity index is 1.31. The summed E-state index contributed by atoms with van der Waals surface area (Å²) < 4.78 is 5.46. The van der Waals surface area contributed by atoms with E-state index in [1.807, 2.05) is 18.2 Å². The zero-order valence-electron chi connectivity index (χ0n) is 16.7. The van der Waals surface area contributed by atoms with Crippen molar-refractivity contribution in [1.82, 2.24) is 20.2 Å². The van der Waals surface area contributed by atoms with Gasteiger partial charge in [0.1, 0.15) is 5.76 Å². The van der Waals surface area contributed by atoms with E-state index in [2.05, 4.69) is 16.3 Å². The van der Waals surface area contributed by atoms with E-state index in [1.54, 1.807) is 18.4 Å². The van der Waals surface area contributed by atoms with Gasteiger partial charge in [-0.15, -0.1) is 0 Å². The van der Waals surface area contributed by atoms with Crippen molar-refractivity contribution in [1.29, 1.82) is 0 Å². The number of amides is 5. The van der Waals surface area contributed by atoms with Crippen molar-refractivity contribution >= 4 is 29.3 Å². The third-order valence-corrected chi connectivity index (χ3v) is 5.74. The summed E-state index contributed by atoms with van der Waals surface area (Å²) in [7, 11) is 0. The fraction of sp³-hybridized carbons (Fsp3) is 0.273. The van der Waals surface area contributed by atoms with Gasteiger partial charge >= 0.3 is 6.03 Å². The molecule has 9 heteroatoms. The van der Waals surface area contributed by atoms with Crippen molar-refractivity contribution in [3.8, 4) is 0 Å². The normalized spacial score (nSPS) is 19.5. The molecule has 0 saturated carbocycles. The maximum atomic E-state index is 12.9. The minimum atomic E-state index is -0.765. The predicted molar refractivity (Wildman–Crippen MR) is 108 cm³/mol. The number of rotatable bonds is 4. The van der Waals surface area contributed by atoms with E-state index >= 15 is 0 Å². The van der Waals surface area contributed by atoms with E-state index in [-0.39, 0.29) is 24.1 Å². The van der Waals surface area contributed by atoms with Crippen LogP contribution in [-0.2, 0) is 11.3 Å². The molecule has 0 atom stereocenters. The number of hydrazine groups is 1. The number of benzene rings is 1. The van der Waals surface area contributed by atoms with Crippen molar-refractivity contribution < 1.29 is 23.6 Å². The van der Waals surface area contributed by atoms with Gasteiger partial charge in [-0.05, 0) is 41.8 Å². The molecule has 4 heterocycles. The number of carbonyl (C=O) groups excluding carboxylic acids is 4. The molecule has 158 valence electrons. The topological polar surface area (TPSA) is 103 Å². The molecular formula is C22H20N4O5. The molecule has 5 rings (SSSR count). The highest BCUT2D eigenvalue weighted by Crippen LogP contribution is 2.28. The third-order valence-electron chi connectivity index (χ3n) is 5.74. The van der Waals surface area contributed by atoms with E-state index in [0.29, 0.717) is 6.54 Å². The highest BCUT2D eigenvalue weighted by Gasteiger charge is 2.43.